The number of nitrogens with zero attached hydrogens (tertiary/aromatic N) is 2. The van der Waals surface area contributed by atoms with Crippen molar-refractivity contribution < 1.29 is 8.42 Å². The van der Waals surface area contributed by atoms with Crippen LogP contribution in [-0.4, -0.2) is 18.4 Å². The molecular formula is C16H15N3O2S. The predicted octanol–water partition coefficient (Wildman–Crippen LogP) is 2.42. The van der Waals surface area contributed by atoms with Gasteiger partial charge in [-0.05, 0) is 36.2 Å². The number of sulfonamides is 1. The van der Waals surface area contributed by atoms with E-state index >= 15 is 0 Å². The second kappa shape index (κ2) is 5.82. The first kappa shape index (κ1) is 14.6. The van der Waals surface area contributed by atoms with E-state index in [4.69, 9.17) is 0 Å². The fourth-order valence-corrected chi connectivity index (χ4v) is 3.49. The van der Waals surface area contributed by atoms with Crippen LogP contribution in [0.1, 0.15) is 11.1 Å². The molecular weight excluding hydrogens is 298 g/mol. The molecule has 0 aliphatic rings. The van der Waals surface area contributed by atoms with Crippen molar-refractivity contribution in [1.29, 1.82) is 0 Å². The van der Waals surface area contributed by atoms with E-state index in [2.05, 4.69) is 14.7 Å². The molecule has 6 heteroatoms. The minimum absolute atomic E-state index is 0.211. The monoisotopic (exact) mass is 313 g/mol. The number of aromatic nitrogens is 2. The molecule has 2 aromatic carbocycles. The maximum absolute atomic E-state index is 12.4. The lowest BCUT2D eigenvalue weighted by Crippen LogP contribution is -2.23. The van der Waals surface area contributed by atoms with Gasteiger partial charge in [0, 0.05) is 18.9 Å². The second-order valence-electron chi connectivity index (χ2n) is 4.97. The highest BCUT2D eigenvalue weighted by Crippen LogP contribution is 2.15. The molecule has 1 N–H and O–H groups in total. The van der Waals surface area contributed by atoms with Gasteiger partial charge in [0.2, 0.25) is 10.0 Å². The summed E-state index contributed by atoms with van der Waals surface area (Å²) in [5, 5.41) is 0. The lowest BCUT2D eigenvalue weighted by atomic mass is 10.2. The van der Waals surface area contributed by atoms with Gasteiger partial charge in [-0.3, -0.25) is 9.97 Å². The molecule has 22 heavy (non-hydrogen) atoms. The third kappa shape index (κ3) is 2.98. The van der Waals surface area contributed by atoms with Crippen molar-refractivity contribution in [2.24, 2.45) is 0 Å². The maximum atomic E-state index is 12.4. The number of fused-ring (bicyclic) bond motifs is 1. The van der Waals surface area contributed by atoms with Crippen LogP contribution >= 0.6 is 0 Å². The van der Waals surface area contributed by atoms with Gasteiger partial charge in [-0.15, -0.1) is 0 Å². The Morgan fingerprint density at radius 2 is 1.73 bits per heavy atom. The Kier molecular flexibility index (Phi) is 3.87. The summed E-state index contributed by atoms with van der Waals surface area (Å²) in [6.07, 6.45) is 3.24. The van der Waals surface area contributed by atoms with Gasteiger partial charge < -0.3 is 0 Å². The van der Waals surface area contributed by atoms with Crippen LogP contribution < -0.4 is 4.72 Å². The maximum Gasteiger partial charge on any atom is 0.241 e. The van der Waals surface area contributed by atoms with Gasteiger partial charge in [0.05, 0.1) is 15.9 Å². The zero-order valence-electron chi connectivity index (χ0n) is 12.0. The zero-order chi connectivity index (χ0) is 15.6. The Morgan fingerprint density at radius 1 is 1.00 bits per heavy atom. The van der Waals surface area contributed by atoms with Crippen LogP contribution in [0, 0.1) is 6.92 Å². The van der Waals surface area contributed by atoms with Gasteiger partial charge in [0.25, 0.3) is 0 Å². The highest BCUT2D eigenvalue weighted by atomic mass is 32.2. The molecule has 0 radical (unpaired) electrons. The van der Waals surface area contributed by atoms with Gasteiger partial charge in [-0.1, -0.05) is 24.3 Å². The summed E-state index contributed by atoms with van der Waals surface area (Å²) < 4.78 is 27.3. The summed E-state index contributed by atoms with van der Waals surface area (Å²) in [6, 6.07) is 12.4. The molecule has 1 aromatic heterocycles. The second-order valence-corrected chi connectivity index (χ2v) is 6.70. The molecule has 112 valence electrons. The number of benzene rings is 2. The van der Waals surface area contributed by atoms with E-state index in [1.165, 1.54) is 0 Å². The van der Waals surface area contributed by atoms with E-state index in [-0.39, 0.29) is 6.54 Å². The molecule has 5 nitrogen and oxygen atoms in total. The van der Waals surface area contributed by atoms with E-state index in [0.29, 0.717) is 4.90 Å². The first-order valence-corrected chi connectivity index (χ1v) is 8.29. The van der Waals surface area contributed by atoms with Crippen molar-refractivity contribution in [3.8, 4) is 0 Å². The Labute approximate surface area is 129 Å². The van der Waals surface area contributed by atoms with Crippen LogP contribution in [0.15, 0.2) is 59.8 Å². The third-order valence-corrected chi connectivity index (χ3v) is 4.94. The largest absolute Gasteiger partial charge is 0.253 e. The summed E-state index contributed by atoms with van der Waals surface area (Å²) in [6.45, 7) is 1.99. The molecule has 1 heterocycles. The normalized spacial score (nSPS) is 11.7. The molecule has 3 rings (SSSR count). The first-order chi connectivity index (χ1) is 10.6. The first-order valence-electron chi connectivity index (χ1n) is 6.81. The number of rotatable bonds is 4. The van der Waals surface area contributed by atoms with Crippen LogP contribution in [-0.2, 0) is 16.6 Å². The number of aryl methyl sites for hydroxylation is 1. The van der Waals surface area contributed by atoms with E-state index in [1.807, 2.05) is 24.3 Å². The summed E-state index contributed by atoms with van der Waals surface area (Å²) >= 11 is 0. The lowest BCUT2D eigenvalue weighted by molar-refractivity contribution is 0.580. The molecule has 0 unspecified atom stereocenters. The Hall–Kier alpha value is -2.31. The van der Waals surface area contributed by atoms with Crippen molar-refractivity contribution >= 4 is 21.1 Å². The summed E-state index contributed by atoms with van der Waals surface area (Å²) in [5.41, 5.74) is 3.09. The average molecular weight is 313 g/mol. The molecule has 3 aromatic rings. The lowest BCUT2D eigenvalue weighted by Gasteiger charge is -2.09. The number of hydrogen-bond acceptors (Lipinski definition) is 4. The quantitative estimate of drug-likeness (QED) is 0.803. The minimum atomic E-state index is -3.53. The van der Waals surface area contributed by atoms with Crippen LogP contribution in [0.5, 0.6) is 0 Å². The minimum Gasteiger partial charge on any atom is -0.253 e. The van der Waals surface area contributed by atoms with Crippen molar-refractivity contribution in [3.63, 3.8) is 0 Å². The Morgan fingerprint density at radius 3 is 2.50 bits per heavy atom. The van der Waals surface area contributed by atoms with Gasteiger partial charge in [0.1, 0.15) is 0 Å². The molecule has 0 saturated heterocycles. The predicted molar refractivity (Wildman–Crippen MR) is 84.7 cm³/mol. The van der Waals surface area contributed by atoms with Crippen molar-refractivity contribution in [1.82, 2.24) is 14.7 Å². The number of nitrogens with one attached hydrogen (secondary N) is 1. The van der Waals surface area contributed by atoms with E-state index < -0.39 is 10.0 Å². The average Bonchev–Trinajstić information content (AvgIpc) is 2.53. The van der Waals surface area contributed by atoms with Crippen molar-refractivity contribution in [3.05, 3.63) is 66.0 Å². The van der Waals surface area contributed by atoms with E-state index in [1.54, 1.807) is 37.5 Å². The van der Waals surface area contributed by atoms with Gasteiger partial charge in [-0.25, -0.2) is 13.1 Å². The van der Waals surface area contributed by atoms with Gasteiger partial charge >= 0.3 is 0 Å². The summed E-state index contributed by atoms with van der Waals surface area (Å²) in [4.78, 5) is 8.71. The Balaban J connectivity index is 1.83. The standard InChI is InChI=1S/C16H15N3O2S/c1-12-4-2-3-5-16(12)22(20,21)19-11-13-6-7-14-15(10-13)18-9-8-17-14/h2-10,19H,11H2,1H3. The SMILES string of the molecule is Cc1ccccc1S(=O)(=O)NCc1ccc2nccnc2c1. The third-order valence-electron chi connectivity index (χ3n) is 3.38. The van der Waals surface area contributed by atoms with Crippen molar-refractivity contribution in [2.75, 3.05) is 0 Å². The van der Waals surface area contributed by atoms with Crippen LogP contribution in [0.4, 0.5) is 0 Å². The zero-order valence-corrected chi connectivity index (χ0v) is 12.8. The van der Waals surface area contributed by atoms with Gasteiger partial charge in [-0.2, -0.15) is 0 Å². The van der Waals surface area contributed by atoms with Crippen LogP contribution in [0.25, 0.3) is 11.0 Å². The molecule has 0 aliphatic heterocycles. The highest BCUT2D eigenvalue weighted by molar-refractivity contribution is 7.89. The topological polar surface area (TPSA) is 72.0 Å². The van der Waals surface area contributed by atoms with E-state index in [0.717, 1.165) is 22.2 Å². The smallest absolute Gasteiger partial charge is 0.241 e. The van der Waals surface area contributed by atoms with Gasteiger partial charge in [0.15, 0.2) is 0 Å². The van der Waals surface area contributed by atoms with Crippen molar-refractivity contribution in [2.45, 2.75) is 18.4 Å². The molecule has 0 spiro atoms. The fraction of sp³-hybridized carbons (Fsp3) is 0.125. The molecule has 0 atom stereocenters. The molecule has 0 fully saturated rings. The highest BCUT2D eigenvalue weighted by Gasteiger charge is 2.15. The van der Waals surface area contributed by atoms with Crippen LogP contribution in [0.2, 0.25) is 0 Å². The number of hydrogen-bond donors (Lipinski definition) is 1. The molecule has 0 bridgehead atoms. The molecule has 0 aliphatic carbocycles. The Bertz CT molecular complexity index is 923. The molecule has 0 saturated carbocycles. The summed E-state index contributed by atoms with van der Waals surface area (Å²) in [5.74, 6) is 0. The fourth-order valence-electron chi connectivity index (χ4n) is 2.23. The summed E-state index contributed by atoms with van der Waals surface area (Å²) in [7, 11) is -3.53. The molecule has 0 amide bonds. The van der Waals surface area contributed by atoms with E-state index in [9.17, 15) is 8.42 Å². The van der Waals surface area contributed by atoms with Crippen LogP contribution in [0.3, 0.4) is 0 Å².